The summed E-state index contributed by atoms with van der Waals surface area (Å²) >= 11 is 0. The summed E-state index contributed by atoms with van der Waals surface area (Å²) in [6.07, 6.45) is 0. The third-order valence-corrected chi connectivity index (χ3v) is 4.91. The Kier molecular flexibility index (Phi) is 4.84. The van der Waals surface area contributed by atoms with Crippen LogP contribution in [0.15, 0.2) is 115 Å². The SMILES string of the molecule is c1ccc(-c2cccc(-c3cccc(-c4cccc(-c5ccccc5)n4)n3)n2)cc1. The van der Waals surface area contributed by atoms with Gasteiger partial charge in [0.2, 0.25) is 0 Å². The van der Waals surface area contributed by atoms with E-state index < -0.39 is 0 Å². The highest BCUT2D eigenvalue weighted by molar-refractivity contribution is 5.68. The highest BCUT2D eigenvalue weighted by Gasteiger charge is 2.08. The van der Waals surface area contributed by atoms with E-state index in [-0.39, 0.29) is 0 Å². The van der Waals surface area contributed by atoms with Gasteiger partial charge in [0.05, 0.1) is 34.2 Å². The van der Waals surface area contributed by atoms with Gasteiger partial charge in [0.25, 0.3) is 0 Å². The van der Waals surface area contributed by atoms with E-state index in [0.29, 0.717) is 0 Å². The number of benzene rings is 2. The van der Waals surface area contributed by atoms with Crippen LogP contribution in [0.4, 0.5) is 0 Å². The number of rotatable bonds is 4. The molecular formula is C27H19N3. The van der Waals surface area contributed by atoms with E-state index in [9.17, 15) is 0 Å². The molecule has 0 bridgehead atoms. The maximum atomic E-state index is 4.86. The highest BCUT2D eigenvalue weighted by atomic mass is 14.8. The lowest BCUT2D eigenvalue weighted by atomic mass is 10.1. The van der Waals surface area contributed by atoms with Gasteiger partial charge in [0.15, 0.2) is 0 Å². The first-order chi connectivity index (χ1) is 14.9. The molecule has 0 unspecified atom stereocenters. The molecule has 3 heteroatoms. The minimum absolute atomic E-state index is 0.831. The van der Waals surface area contributed by atoms with Gasteiger partial charge in [-0.1, -0.05) is 78.9 Å². The van der Waals surface area contributed by atoms with Gasteiger partial charge in [-0.2, -0.15) is 0 Å². The molecule has 5 rings (SSSR count). The van der Waals surface area contributed by atoms with Crippen molar-refractivity contribution in [1.82, 2.24) is 15.0 Å². The lowest BCUT2D eigenvalue weighted by Gasteiger charge is -2.08. The molecule has 0 N–H and O–H groups in total. The topological polar surface area (TPSA) is 38.7 Å². The smallest absolute Gasteiger partial charge is 0.0894 e. The first-order valence-corrected chi connectivity index (χ1v) is 9.90. The van der Waals surface area contributed by atoms with E-state index in [1.165, 1.54) is 0 Å². The van der Waals surface area contributed by atoms with Gasteiger partial charge < -0.3 is 0 Å². The average molecular weight is 385 g/mol. The molecule has 0 aliphatic rings. The van der Waals surface area contributed by atoms with Gasteiger partial charge in [-0.25, -0.2) is 15.0 Å². The predicted octanol–water partition coefficient (Wildman–Crippen LogP) is 6.54. The van der Waals surface area contributed by atoms with E-state index in [1.54, 1.807) is 0 Å². The van der Waals surface area contributed by atoms with Crippen LogP contribution in [0, 0.1) is 0 Å². The Morgan fingerprint density at radius 2 is 0.567 bits per heavy atom. The van der Waals surface area contributed by atoms with E-state index in [2.05, 4.69) is 24.3 Å². The van der Waals surface area contributed by atoms with Crippen molar-refractivity contribution in [3.63, 3.8) is 0 Å². The van der Waals surface area contributed by atoms with Crippen molar-refractivity contribution in [3.8, 4) is 45.3 Å². The first-order valence-electron chi connectivity index (χ1n) is 9.90. The number of hydrogen-bond donors (Lipinski definition) is 0. The van der Waals surface area contributed by atoms with Gasteiger partial charge in [-0.05, 0) is 36.4 Å². The second kappa shape index (κ2) is 8.10. The van der Waals surface area contributed by atoms with Crippen molar-refractivity contribution >= 4 is 0 Å². The van der Waals surface area contributed by atoms with E-state index >= 15 is 0 Å². The number of pyridine rings is 3. The summed E-state index contributed by atoms with van der Waals surface area (Å²) in [6, 6.07) is 38.4. The van der Waals surface area contributed by atoms with Gasteiger partial charge in [0.1, 0.15) is 0 Å². The standard InChI is InChI=1S/C27H19N3/c1-3-10-20(11-4-1)22-14-7-16-24(28-22)26-18-9-19-27(30-26)25-17-8-15-23(29-25)21-12-5-2-6-13-21/h1-19H. The van der Waals surface area contributed by atoms with Crippen LogP contribution in [0.3, 0.4) is 0 Å². The zero-order valence-electron chi connectivity index (χ0n) is 16.3. The fourth-order valence-corrected chi connectivity index (χ4v) is 3.41. The number of nitrogens with zero attached hydrogens (tertiary/aromatic N) is 3. The molecular weight excluding hydrogens is 366 g/mol. The molecule has 30 heavy (non-hydrogen) atoms. The maximum Gasteiger partial charge on any atom is 0.0894 e. The molecule has 0 saturated carbocycles. The van der Waals surface area contributed by atoms with Crippen LogP contribution in [-0.2, 0) is 0 Å². The Balaban J connectivity index is 1.52. The average Bonchev–Trinajstić information content (AvgIpc) is 2.85. The van der Waals surface area contributed by atoms with Crippen LogP contribution in [0.5, 0.6) is 0 Å². The molecule has 0 aliphatic heterocycles. The lowest BCUT2D eigenvalue weighted by molar-refractivity contribution is 1.22. The Bertz CT molecular complexity index is 1180. The molecule has 3 heterocycles. The minimum Gasteiger partial charge on any atom is -0.246 e. The third kappa shape index (κ3) is 3.74. The van der Waals surface area contributed by atoms with Gasteiger partial charge in [0, 0.05) is 11.1 Å². The zero-order chi connectivity index (χ0) is 20.2. The molecule has 0 spiro atoms. The van der Waals surface area contributed by atoms with Crippen molar-refractivity contribution in [2.75, 3.05) is 0 Å². The first kappa shape index (κ1) is 18.0. The largest absolute Gasteiger partial charge is 0.246 e. The molecule has 0 amide bonds. The zero-order valence-corrected chi connectivity index (χ0v) is 16.3. The molecule has 0 radical (unpaired) electrons. The fraction of sp³-hybridized carbons (Fsp3) is 0. The number of aromatic nitrogens is 3. The van der Waals surface area contributed by atoms with Crippen LogP contribution >= 0.6 is 0 Å². The van der Waals surface area contributed by atoms with Crippen LogP contribution in [0.2, 0.25) is 0 Å². The fourth-order valence-electron chi connectivity index (χ4n) is 3.41. The highest BCUT2D eigenvalue weighted by Crippen LogP contribution is 2.25. The summed E-state index contributed by atoms with van der Waals surface area (Å²) in [6.45, 7) is 0. The third-order valence-electron chi connectivity index (χ3n) is 4.91. The van der Waals surface area contributed by atoms with Gasteiger partial charge in [-0.15, -0.1) is 0 Å². The van der Waals surface area contributed by atoms with Crippen LogP contribution < -0.4 is 0 Å². The quantitative estimate of drug-likeness (QED) is 0.352. The normalized spacial score (nSPS) is 10.7. The Morgan fingerprint density at radius 3 is 0.933 bits per heavy atom. The van der Waals surface area contributed by atoms with Gasteiger partial charge in [-0.3, -0.25) is 0 Å². The van der Waals surface area contributed by atoms with Crippen LogP contribution in [0.1, 0.15) is 0 Å². The van der Waals surface area contributed by atoms with Crippen molar-refractivity contribution in [3.05, 3.63) is 115 Å². The molecule has 0 saturated heterocycles. The van der Waals surface area contributed by atoms with Crippen molar-refractivity contribution in [2.45, 2.75) is 0 Å². The molecule has 3 nitrogen and oxygen atoms in total. The summed E-state index contributed by atoms with van der Waals surface area (Å²) in [4.78, 5) is 14.5. The molecule has 5 aromatic rings. The van der Waals surface area contributed by atoms with Crippen LogP contribution in [-0.4, -0.2) is 15.0 Å². The molecule has 0 fully saturated rings. The minimum atomic E-state index is 0.831. The van der Waals surface area contributed by atoms with E-state index in [0.717, 1.165) is 45.3 Å². The Hall–Kier alpha value is -4.11. The van der Waals surface area contributed by atoms with Crippen molar-refractivity contribution in [2.24, 2.45) is 0 Å². The van der Waals surface area contributed by atoms with E-state index in [4.69, 9.17) is 15.0 Å². The number of hydrogen-bond acceptors (Lipinski definition) is 3. The Labute approximate surface area is 175 Å². The summed E-state index contributed by atoms with van der Waals surface area (Å²) < 4.78 is 0. The summed E-state index contributed by atoms with van der Waals surface area (Å²) in [5.41, 5.74) is 7.40. The molecule has 0 atom stereocenters. The van der Waals surface area contributed by atoms with E-state index in [1.807, 2.05) is 91.0 Å². The van der Waals surface area contributed by atoms with Crippen molar-refractivity contribution in [1.29, 1.82) is 0 Å². The summed E-state index contributed by atoms with van der Waals surface area (Å²) in [7, 11) is 0. The van der Waals surface area contributed by atoms with Crippen molar-refractivity contribution < 1.29 is 0 Å². The second-order valence-corrected chi connectivity index (χ2v) is 6.96. The maximum absolute atomic E-state index is 4.86. The summed E-state index contributed by atoms with van der Waals surface area (Å²) in [5, 5.41) is 0. The molecule has 142 valence electrons. The Morgan fingerprint density at radius 1 is 0.267 bits per heavy atom. The summed E-state index contributed by atoms with van der Waals surface area (Å²) in [5.74, 6) is 0. The van der Waals surface area contributed by atoms with Crippen LogP contribution in [0.25, 0.3) is 45.3 Å². The van der Waals surface area contributed by atoms with Gasteiger partial charge >= 0.3 is 0 Å². The molecule has 3 aromatic heterocycles. The predicted molar refractivity (Wildman–Crippen MR) is 122 cm³/mol. The molecule has 2 aromatic carbocycles. The monoisotopic (exact) mass is 385 g/mol. The lowest BCUT2D eigenvalue weighted by Crippen LogP contribution is -1.94. The molecule has 0 aliphatic carbocycles. The second-order valence-electron chi connectivity index (χ2n) is 6.96.